The fourth-order valence-electron chi connectivity index (χ4n) is 21.9. The van der Waals surface area contributed by atoms with Gasteiger partial charge < -0.3 is 10.0 Å². The molecule has 10 nitrogen and oxygen atoms in total. The summed E-state index contributed by atoms with van der Waals surface area (Å²) in [5.41, 5.74) is 36.0. The van der Waals surface area contributed by atoms with Gasteiger partial charge in [0.2, 0.25) is 0 Å². The monoisotopic (exact) mass is 1770 g/mol. The molecule has 23 rings (SSSR count). The summed E-state index contributed by atoms with van der Waals surface area (Å²) in [5.74, 6) is 11.3. The zero-order valence-electron chi connectivity index (χ0n) is 83.8. The van der Waals surface area contributed by atoms with Crippen LogP contribution in [0, 0.1) is 53.3 Å². The van der Waals surface area contributed by atoms with Crippen molar-refractivity contribution in [2.45, 2.75) is 314 Å². The second-order valence-electron chi connectivity index (χ2n) is 44.4. The van der Waals surface area contributed by atoms with E-state index in [0.717, 1.165) is 107 Å². The van der Waals surface area contributed by atoms with Crippen molar-refractivity contribution in [3.05, 3.63) is 288 Å². The number of rotatable bonds is 11. The number of carbonyl (C=O) groups excluding carboxylic acids is 1. The summed E-state index contributed by atoms with van der Waals surface area (Å²) in [6.07, 6.45) is 27.9. The van der Waals surface area contributed by atoms with Crippen LogP contribution in [0.15, 0.2) is 170 Å². The molecule has 0 saturated heterocycles. The molecule has 8 aliphatic carbocycles. The third kappa shape index (κ3) is 22.2. The van der Waals surface area contributed by atoms with Crippen molar-refractivity contribution >= 4 is 82.2 Å². The molecule has 1 aliphatic heterocycles. The zero-order valence-corrected chi connectivity index (χ0v) is 83.8. The number of pyridine rings is 7. The number of hydrogen-bond acceptors (Lipinski definition) is 9. The molecule has 0 bridgehead atoms. The van der Waals surface area contributed by atoms with E-state index >= 15 is 0 Å². The number of aliphatic hydroxyl groups is 1. The van der Waals surface area contributed by atoms with Gasteiger partial charge in [0, 0.05) is 85.5 Å². The highest BCUT2D eigenvalue weighted by atomic mass is 16.3. The molecule has 2 saturated carbocycles. The largest absolute Gasteiger partial charge is 0.396 e. The fourth-order valence-corrected chi connectivity index (χ4v) is 21.9. The molecule has 694 valence electrons. The summed E-state index contributed by atoms with van der Waals surface area (Å²) in [5, 5.41) is 18.1. The van der Waals surface area contributed by atoms with Crippen molar-refractivity contribution in [3.63, 3.8) is 0 Å². The molecule has 10 heteroatoms. The normalized spacial score (nSPS) is 19.4. The molecule has 6 atom stereocenters. The highest BCUT2D eigenvalue weighted by Crippen LogP contribution is 2.45. The van der Waals surface area contributed by atoms with Crippen LogP contribution in [0.5, 0.6) is 0 Å². The lowest BCUT2D eigenvalue weighted by atomic mass is 9.69. The topological polar surface area (TPSA) is 131 Å². The maximum absolute atomic E-state index is 11.9. The Kier molecular flexibility index (Phi) is 29.3. The van der Waals surface area contributed by atoms with Crippen LogP contribution < -0.4 is 0 Å². The molecular formula is C123H150N8O2. The van der Waals surface area contributed by atoms with E-state index in [-0.39, 0.29) is 12.5 Å². The molecular weight excluding hydrogens is 1620 g/mol. The number of aliphatic hydroxyl groups excluding tert-OH is 1. The van der Waals surface area contributed by atoms with Crippen molar-refractivity contribution in [3.8, 4) is 0 Å². The molecule has 8 heterocycles. The second-order valence-corrected chi connectivity index (χ2v) is 44.4. The quantitative estimate of drug-likeness (QED) is 0.134. The fraction of sp³-hybridized carbons (Fsp3) is 0.480. The summed E-state index contributed by atoms with van der Waals surface area (Å²) in [7, 11) is 1.81. The number of amides is 1. The molecule has 133 heavy (non-hydrogen) atoms. The molecule has 9 aliphatic rings. The van der Waals surface area contributed by atoms with Gasteiger partial charge in [0.25, 0.3) is 5.91 Å². The van der Waals surface area contributed by atoms with E-state index in [0.29, 0.717) is 53.9 Å². The number of nitrogens with zero attached hydrogens (tertiary/aromatic N) is 8. The Hall–Kier alpha value is -10.2. The predicted octanol–water partition coefficient (Wildman–Crippen LogP) is 30.2. The summed E-state index contributed by atoms with van der Waals surface area (Å²) in [6.45, 7) is 41.4. The minimum absolute atomic E-state index is 0.0762. The predicted molar refractivity (Wildman–Crippen MR) is 558 cm³/mol. The number of aromatic nitrogens is 7. The lowest BCUT2D eigenvalue weighted by Gasteiger charge is -2.36. The molecule has 7 aromatic carbocycles. The summed E-state index contributed by atoms with van der Waals surface area (Å²) in [4.78, 5) is 47.9. The Morgan fingerprint density at radius 2 is 0.571 bits per heavy atom. The summed E-state index contributed by atoms with van der Waals surface area (Å²) in [6, 6.07) is 62.8. The number of benzene rings is 7. The Labute approximate surface area is 795 Å². The van der Waals surface area contributed by atoms with Gasteiger partial charge in [-0.05, 0) is 374 Å². The van der Waals surface area contributed by atoms with E-state index in [4.69, 9.17) is 29.9 Å². The molecule has 7 aromatic heterocycles. The number of hydrogen-bond donors (Lipinski definition) is 1. The Balaban J connectivity index is 0.000000108. The first-order valence-corrected chi connectivity index (χ1v) is 51.8. The molecule has 2 fully saturated rings. The van der Waals surface area contributed by atoms with Crippen LogP contribution in [0.25, 0.3) is 76.3 Å². The lowest BCUT2D eigenvalue weighted by molar-refractivity contribution is 0.0816. The van der Waals surface area contributed by atoms with E-state index < -0.39 is 0 Å². The summed E-state index contributed by atoms with van der Waals surface area (Å²) < 4.78 is 0. The minimum Gasteiger partial charge on any atom is -0.396 e. The summed E-state index contributed by atoms with van der Waals surface area (Å²) >= 11 is 0. The maximum atomic E-state index is 11.9. The Morgan fingerprint density at radius 1 is 0.293 bits per heavy atom. The van der Waals surface area contributed by atoms with Gasteiger partial charge in [0.1, 0.15) is 0 Å². The van der Waals surface area contributed by atoms with Crippen molar-refractivity contribution in [1.29, 1.82) is 0 Å². The highest BCUT2D eigenvalue weighted by molar-refractivity contribution is 6.01. The van der Waals surface area contributed by atoms with Gasteiger partial charge in [0.05, 0.1) is 56.4 Å². The minimum atomic E-state index is 0.0762. The van der Waals surface area contributed by atoms with Gasteiger partial charge in [-0.3, -0.25) is 39.7 Å². The lowest BCUT2D eigenvalue weighted by Crippen LogP contribution is -2.27. The van der Waals surface area contributed by atoms with E-state index in [1.54, 1.807) is 4.90 Å². The molecule has 14 aromatic rings. The van der Waals surface area contributed by atoms with Crippen molar-refractivity contribution < 1.29 is 9.90 Å². The van der Waals surface area contributed by atoms with E-state index in [9.17, 15) is 9.90 Å². The first kappa shape index (κ1) is 94.6. The first-order valence-electron chi connectivity index (χ1n) is 51.8. The van der Waals surface area contributed by atoms with Crippen LogP contribution in [0.2, 0.25) is 0 Å². The average molecular weight is 1770 g/mol. The number of fused-ring (bicyclic) bond motifs is 14. The number of carbonyl (C=O) groups is 1. The standard InChI is InChI=1S/C20H25N.C19H23N.C19H25N.2C17H21N.C16H19NO.C15H16N2O/c1-13(2)15-6-8-17-10-18-9-7-16(14-4-3-5-14)12-20(18)21-19(17)11-15;1-12(2)14-5-7-16-9-17-8-6-15(13-3-4-13)11-19(17)20-18(16)10-14;1-12(2)14-5-7-16-9-17-8-6-15(13(3)4)11-19(17)20-18(16)10-14;2*1-11(2)13-6-7-15-9-14-5-4-12(3)8-16(14)18-17(15)10-13;1-10(2)12-3-4-13-7-14-5-11(9-18)6-15(14)17-16(13)8-12;1-9(2)10-4-5-11-6-12-14(16-13(11)7-10)8-17(3)15(12)18/h6,8,10-11,13-14,16H,3-5,7,9,12H2,1-2H3;5,7,9-10,12-13,15H,3-4,6,8,11H2,1-2H3;5,7,9-10,12-13,15H,6,8,11H2,1-4H3;2*6-7,9-12H,4-5,8H2,1-3H3;3-4,7-8,10-11,18H,5-6,9H2,1-2H3;4-7,9H,8H2,1-3H3/t16-;2*15-;2*12-;11-;/m111101./s1. The van der Waals surface area contributed by atoms with Crippen LogP contribution in [0.4, 0.5) is 0 Å². The van der Waals surface area contributed by atoms with E-state index in [1.807, 2.05) is 13.1 Å². The van der Waals surface area contributed by atoms with Gasteiger partial charge >= 0.3 is 0 Å². The Morgan fingerprint density at radius 3 is 0.872 bits per heavy atom. The average Bonchev–Trinajstić information content (AvgIpc) is 1.70. The number of aryl methyl sites for hydroxylation is 5. The van der Waals surface area contributed by atoms with Gasteiger partial charge in [-0.25, -0.2) is 0 Å². The Bertz CT molecular complexity index is 6340. The third-order valence-electron chi connectivity index (χ3n) is 31.5. The van der Waals surface area contributed by atoms with Crippen molar-refractivity contribution in [1.82, 2.24) is 39.8 Å². The smallest absolute Gasteiger partial charge is 0.255 e. The van der Waals surface area contributed by atoms with Crippen LogP contribution >= 0.6 is 0 Å². The maximum Gasteiger partial charge on any atom is 0.255 e. The highest BCUT2D eigenvalue weighted by Gasteiger charge is 2.36. The molecule has 1 amide bonds. The molecule has 0 unspecified atom stereocenters. The van der Waals surface area contributed by atoms with Crippen LogP contribution in [0.1, 0.15) is 353 Å². The van der Waals surface area contributed by atoms with Crippen LogP contribution in [0.3, 0.4) is 0 Å². The van der Waals surface area contributed by atoms with Gasteiger partial charge in [-0.15, -0.1) is 0 Å². The first-order chi connectivity index (χ1) is 63.9. The molecule has 1 N–H and O–H groups in total. The second kappa shape index (κ2) is 41.2. The molecule has 0 radical (unpaired) electrons. The van der Waals surface area contributed by atoms with Crippen molar-refractivity contribution in [2.24, 2.45) is 53.3 Å². The van der Waals surface area contributed by atoms with E-state index in [1.165, 1.54) is 276 Å². The van der Waals surface area contributed by atoms with Crippen LogP contribution in [-0.4, -0.2) is 64.5 Å². The van der Waals surface area contributed by atoms with Crippen LogP contribution in [-0.2, 0) is 83.6 Å². The zero-order chi connectivity index (χ0) is 93.3. The molecule has 0 spiro atoms. The van der Waals surface area contributed by atoms with Gasteiger partial charge in [-0.1, -0.05) is 229 Å². The van der Waals surface area contributed by atoms with Gasteiger partial charge in [0.15, 0.2) is 0 Å². The third-order valence-corrected chi connectivity index (χ3v) is 31.5. The van der Waals surface area contributed by atoms with Gasteiger partial charge in [-0.2, -0.15) is 0 Å². The van der Waals surface area contributed by atoms with E-state index in [2.05, 4.69) is 293 Å². The van der Waals surface area contributed by atoms with Crippen molar-refractivity contribution in [2.75, 3.05) is 13.7 Å². The SMILES string of the molecule is CC(C)c1ccc2cc3c(nc2c1)CN(C)C3=O.CC(C)c1ccc2cc3c(nc2c1)C[C@@H](C)CC3.CC(C)c1ccc2cc3c(nc2c1)C[C@H](C(C)C)CC3.CC(C)c1ccc2cc3c(nc2c1)C[C@H](C)CC3.CC(C)c1ccc2cc3c(nc2c1)C[C@H](C1CC1)CC3.CC(C)c1ccc2cc3c(nc2c1)C[C@H](C1CCC1)CC3.CC(C)c1ccc2cc3c(nc2c1)C[C@H](CO)C3.